The Morgan fingerprint density at radius 1 is 1.57 bits per heavy atom. The second-order valence-electron chi connectivity index (χ2n) is 5.87. The van der Waals surface area contributed by atoms with Crippen LogP contribution in [0.3, 0.4) is 0 Å². The van der Waals surface area contributed by atoms with Crippen LogP contribution in [0.15, 0.2) is 18.3 Å². The molecule has 1 saturated heterocycles. The van der Waals surface area contributed by atoms with Gasteiger partial charge in [-0.2, -0.15) is 0 Å². The minimum absolute atomic E-state index is 0.0782. The molecule has 1 aromatic heterocycles. The summed E-state index contributed by atoms with van der Waals surface area (Å²) in [6, 6.07) is 4.69. The molecular formula is C16H26N4O. The van der Waals surface area contributed by atoms with Crippen molar-refractivity contribution in [1.82, 2.24) is 10.3 Å². The van der Waals surface area contributed by atoms with E-state index in [1.807, 2.05) is 12.3 Å². The number of amides is 1. The minimum atomic E-state index is -0.205. The van der Waals surface area contributed by atoms with Crippen molar-refractivity contribution in [3.05, 3.63) is 23.9 Å². The molecule has 21 heavy (non-hydrogen) atoms. The van der Waals surface area contributed by atoms with E-state index in [1.54, 1.807) is 0 Å². The van der Waals surface area contributed by atoms with E-state index < -0.39 is 0 Å². The van der Waals surface area contributed by atoms with Crippen molar-refractivity contribution in [2.24, 2.45) is 11.7 Å². The quantitative estimate of drug-likeness (QED) is 0.868. The lowest BCUT2D eigenvalue weighted by atomic mass is 9.92. The van der Waals surface area contributed by atoms with Gasteiger partial charge in [0.25, 0.3) is 0 Å². The number of piperidine rings is 1. The highest BCUT2D eigenvalue weighted by atomic mass is 16.1. The van der Waals surface area contributed by atoms with Gasteiger partial charge in [0.05, 0.1) is 5.92 Å². The summed E-state index contributed by atoms with van der Waals surface area (Å²) in [7, 11) is 0. The Hall–Kier alpha value is -1.62. The number of nitrogens with two attached hydrogens (primary N) is 1. The van der Waals surface area contributed by atoms with Crippen LogP contribution in [-0.2, 0) is 4.79 Å². The third-order valence-electron chi connectivity index (χ3n) is 4.35. The standard InChI is InChI=1S/C16H26N4O/c1-4-18-12(3)14-6-5-9-19-16(14)20-10-13(15(17)21)8-7-11(20)2/h5-6,9,11-13,18H,4,7-8,10H2,1-3H3,(H2,17,21). The predicted molar refractivity (Wildman–Crippen MR) is 85.1 cm³/mol. The van der Waals surface area contributed by atoms with Gasteiger partial charge in [0.15, 0.2) is 0 Å². The molecule has 1 aliphatic rings. The van der Waals surface area contributed by atoms with Gasteiger partial charge in [-0.15, -0.1) is 0 Å². The molecule has 1 aliphatic heterocycles. The highest BCUT2D eigenvalue weighted by Gasteiger charge is 2.31. The maximum Gasteiger partial charge on any atom is 0.222 e. The van der Waals surface area contributed by atoms with Crippen LogP contribution in [0.25, 0.3) is 0 Å². The van der Waals surface area contributed by atoms with E-state index in [1.165, 1.54) is 5.56 Å². The molecule has 116 valence electrons. The van der Waals surface area contributed by atoms with E-state index in [-0.39, 0.29) is 17.9 Å². The summed E-state index contributed by atoms with van der Waals surface area (Å²) in [6.07, 6.45) is 3.66. The average molecular weight is 290 g/mol. The smallest absolute Gasteiger partial charge is 0.222 e. The topological polar surface area (TPSA) is 71.2 Å². The molecule has 1 aromatic rings. The lowest BCUT2D eigenvalue weighted by Gasteiger charge is -2.39. The Morgan fingerprint density at radius 3 is 3.00 bits per heavy atom. The van der Waals surface area contributed by atoms with Crippen LogP contribution in [0.4, 0.5) is 5.82 Å². The van der Waals surface area contributed by atoms with Crippen LogP contribution in [0.1, 0.15) is 45.2 Å². The molecule has 0 bridgehead atoms. The van der Waals surface area contributed by atoms with E-state index in [4.69, 9.17) is 5.73 Å². The normalized spacial score (nSPS) is 23.9. The molecule has 0 spiro atoms. The fourth-order valence-electron chi connectivity index (χ4n) is 3.04. The fourth-order valence-corrected chi connectivity index (χ4v) is 3.04. The Labute approximate surface area is 126 Å². The fraction of sp³-hybridized carbons (Fsp3) is 0.625. The van der Waals surface area contributed by atoms with Crippen molar-refractivity contribution < 1.29 is 4.79 Å². The number of carbonyl (C=O) groups excluding carboxylic acids is 1. The molecule has 2 heterocycles. The van der Waals surface area contributed by atoms with Gasteiger partial charge in [0.2, 0.25) is 5.91 Å². The van der Waals surface area contributed by atoms with Crippen molar-refractivity contribution in [3.8, 4) is 0 Å². The number of rotatable bonds is 5. The zero-order chi connectivity index (χ0) is 15.4. The lowest BCUT2D eigenvalue weighted by Crippen LogP contribution is -2.46. The Bertz CT molecular complexity index is 491. The first-order valence-corrected chi connectivity index (χ1v) is 7.78. The SMILES string of the molecule is CCNC(C)c1cccnc1N1CC(C(N)=O)CCC1C. The molecule has 1 fully saturated rings. The lowest BCUT2D eigenvalue weighted by molar-refractivity contribution is -0.122. The summed E-state index contributed by atoms with van der Waals surface area (Å²) in [5.41, 5.74) is 6.68. The molecule has 3 unspecified atom stereocenters. The van der Waals surface area contributed by atoms with Gasteiger partial charge in [-0.05, 0) is 39.3 Å². The number of hydrogen-bond acceptors (Lipinski definition) is 4. The van der Waals surface area contributed by atoms with Gasteiger partial charge in [0.1, 0.15) is 5.82 Å². The zero-order valence-electron chi connectivity index (χ0n) is 13.2. The summed E-state index contributed by atoms with van der Waals surface area (Å²) < 4.78 is 0. The first kappa shape index (κ1) is 15.8. The van der Waals surface area contributed by atoms with Crippen molar-refractivity contribution in [2.45, 2.75) is 45.7 Å². The molecule has 0 saturated carbocycles. The number of primary amides is 1. The largest absolute Gasteiger partial charge is 0.369 e. The van der Waals surface area contributed by atoms with E-state index in [0.29, 0.717) is 12.6 Å². The summed E-state index contributed by atoms with van der Waals surface area (Å²) in [6.45, 7) is 8.01. The molecule has 0 aromatic carbocycles. The summed E-state index contributed by atoms with van der Waals surface area (Å²) >= 11 is 0. The van der Waals surface area contributed by atoms with E-state index in [9.17, 15) is 4.79 Å². The van der Waals surface area contributed by atoms with Gasteiger partial charge in [-0.3, -0.25) is 4.79 Å². The molecule has 0 radical (unpaired) electrons. The third-order valence-corrected chi connectivity index (χ3v) is 4.35. The number of nitrogens with zero attached hydrogens (tertiary/aromatic N) is 2. The first-order valence-electron chi connectivity index (χ1n) is 7.78. The van der Waals surface area contributed by atoms with E-state index >= 15 is 0 Å². The number of nitrogens with one attached hydrogen (secondary N) is 1. The van der Waals surface area contributed by atoms with Crippen LogP contribution in [0.2, 0.25) is 0 Å². The first-order chi connectivity index (χ1) is 10.0. The minimum Gasteiger partial charge on any atom is -0.369 e. The third kappa shape index (κ3) is 3.53. The zero-order valence-corrected chi connectivity index (χ0v) is 13.2. The predicted octanol–water partition coefficient (Wildman–Crippen LogP) is 1.84. The summed E-state index contributed by atoms with van der Waals surface area (Å²) in [5, 5.41) is 3.43. The average Bonchev–Trinajstić information content (AvgIpc) is 2.47. The van der Waals surface area contributed by atoms with Crippen LogP contribution in [0, 0.1) is 5.92 Å². The Morgan fingerprint density at radius 2 is 2.33 bits per heavy atom. The maximum atomic E-state index is 11.5. The van der Waals surface area contributed by atoms with Gasteiger partial charge in [0, 0.05) is 30.4 Å². The highest BCUT2D eigenvalue weighted by Crippen LogP contribution is 2.31. The maximum absolute atomic E-state index is 11.5. The van der Waals surface area contributed by atoms with Crippen LogP contribution >= 0.6 is 0 Å². The van der Waals surface area contributed by atoms with Crippen molar-refractivity contribution in [1.29, 1.82) is 0 Å². The van der Waals surface area contributed by atoms with Crippen molar-refractivity contribution >= 4 is 11.7 Å². The van der Waals surface area contributed by atoms with Gasteiger partial charge in [-0.25, -0.2) is 4.98 Å². The Kier molecular flexibility index (Phi) is 5.17. The van der Waals surface area contributed by atoms with Crippen molar-refractivity contribution in [3.63, 3.8) is 0 Å². The molecule has 2 rings (SSSR count). The van der Waals surface area contributed by atoms with Crippen molar-refractivity contribution in [2.75, 3.05) is 18.0 Å². The molecule has 3 atom stereocenters. The van der Waals surface area contributed by atoms with E-state index in [0.717, 1.165) is 25.2 Å². The Balaban J connectivity index is 2.29. The summed E-state index contributed by atoms with van der Waals surface area (Å²) in [4.78, 5) is 18.3. The van der Waals surface area contributed by atoms with Gasteiger partial charge >= 0.3 is 0 Å². The molecule has 0 aliphatic carbocycles. The highest BCUT2D eigenvalue weighted by molar-refractivity contribution is 5.77. The monoisotopic (exact) mass is 290 g/mol. The number of anilines is 1. The number of aromatic nitrogens is 1. The molecule has 5 heteroatoms. The molecule has 3 N–H and O–H groups in total. The second kappa shape index (κ2) is 6.89. The van der Waals surface area contributed by atoms with Crippen LogP contribution in [-0.4, -0.2) is 30.0 Å². The number of hydrogen-bond donors (Lipinski definition) is 2. The second-order valence-corrected chi connectivity index (χ2v) is 5.87. The number of pyridine rings is 1. The number of carbonyl (C=O) groups is 1. The van der Waals surface area contributed by atoms with Gasteiger partial charge in [-0.1, -0.05) is 13.0 Å². The molecule has 1 amide bonds. The van der Waals surface area contributed by atoms with E-state index in [2.05, 4.69) is 42.0 Å². The molecular weight excluding hydrogens is 264 g/mol. The van der Waals surface area contributed by atoms with Gasteiger partial charge < -0.3 is 16.0 Å². The summed E-state index contributed by atoms with van der Waals surface area (Å²) in [5.74, 6) is 0.694. The molecule has 5 nitrogen and oxygen atoms in total. The van der Waals surface area contributed by atoms with Crippen LogP contribution < -0.4 is 16.0 Å². The van der Waals surface area contributed by atoms with Crippen LogP contribution in [0.5, 0.6) is 0 Å².